The maximum absolute atomic E-state index is 5.40. The normalized spacial score (nSPS) is 12.3. The molecule has 3 aromatic heterocycles. The maximum atomic E-state index is 5.40. The van der Waals surface area contributed by atoms with Crippen LogP contribution in [0.5, 0.6) is 0 Å². The molecule has 0 amide bonds. The van der Waals surface area contributed by atoms with E-state index in [1.165, 1.54) is 32.6 Å². The minimum Gasteiger partial charge on any atom is -0.355 e. The predicted octanol–water partition coefficient (Wildman–Crippen LogP) is 14.2. The van der Waals surface area contributed by atoms with Crippen molar-refractivity contribution in [2.75, 3.05) is 4.90 Å². The van der Waals surface area contributed by atoms with Crippen LogP contribution in [0.4, 0.5) is 17.2 Å². The Hall–Kier alpha value is -8.02. The second-order valence-corrected chi connectivity index (χ2v) is 15.2. The molecule has 8 aromatic carbocycles. The fraction of sp³-hybridized carbons (Fsp3) is 0. The number of hydrogen-bond donors (Lipinski definition) is 1. The first kappa shape index (κ1) is 33.2. The van der Waals surface area contributed by atoms with Crippen molar-refractivity contribution in [3.05, 3.63) is 205 Å². The molecule has 0 radical (unpaired) electrons. The summed E-state index contributed by atoms with van der Waals surface area (Å²) in [5, 5.41) is 4.82. The van der Waals surface area contributed by atoms with E-state index in [2.05, 4.69) is 196 Å². The van der Waals surface area contributed by atoms with Crippen LogP contribution in [0.1, 0.15) is 11.1 Å². The summed E-state index contributed by atoms with van der Waals surface area (Å²) in [5.41, 5.74) is 15.2. The van der Waals surface area contributed by atoms with Crippen molar-refractivity contribution in [2.45, 2.75) is 0 Å². The highest BCUT2D eigenvalue weighted by Gasteiger charge is 2.26. The van der Waals surface area contributed by atoms with Gasteiger partial charge in [-0.3, -0.25) is 4.90 Å². The zero-order valence-corrected chi connectivity index (χ0v) is 31.9. The van der Waals surface area contributed by atoms with Crippen molar-refractivity contribution < 1.29 is 0 Å². The fourth-order valence-electron chi connectivity index (χ4n) is 8.88. The molecule has 0 saturated carbocycles. The molecule has 0 bridgehead atoms. The number of nitrogens with one attached hydrogen (secondary N) is 1. The smallest absolute Gasteiger partial charge is 0.162 e. The number of benzene rings is 8. The molecular weight excluding hydrogens is 719 g/mol. The van der Waals surface area contributed by atoms with E-state index < -0.39 is 0 Å². The van der Waals surface area contributed by atoms with E-state index in [0.29, 0.717) is 5.82 Å². The van der Waals surface area contributed by atoms with Crippen LogP contribution in [-0.2, 0) is 0 Å². The van der Waals surface area contributed by atoms with Crippen molar-refractivity contribution in [2.24, 2.45) is 0 Å². The van der Waals surface area contributed by atoms with E-state index >= 15 is 0 Å². The number of H-pyrrole nitrogens is 1. The van der Waals surface area contributed by atoms with Crippen molar-refractivity contribution in [3.8, 4) is 39.5 Å². The Morgan fingerprint density at radius 2 is 1.03 bits per heavy atom. The molecule has 0 spiro atoms. The maximum Gasteiger partial charge on any atom is 0.162 e. The van der Waals surface area contributed by atoms with E-state index in [0.717, 1.165) is 72.9 Å². The SMILES string of the molecule is C1=Cc2cc3c(cc2N(c2cc(-c4ccccc4)nc(-c4ccccc4)n2)c2ccc(-c4ccc5[nH]c6ccccc6c5c4)cc21)c1ccccc1n3-c1ccccc1. The van der Waals surface area contributed by atoms with Gasteiger partial charge < -0.3 is 9.55 Å². The van der Waals surface area contributed by atoms with Gasteiger partial charge in [0.05, 0.1) is 28.1 Å². The van der Waals surface area contributed by atoms with Crippen LogP contribution in [0, 0.1) is 0 Å². The first-order chi connectivity index (χ1) is 29.2. The van der Waals surface area contributed by atoms with Crippen LogP contribution >= 0.6 is 0 Å². The number of para-hydroxylation sites is 3. The van der Waals surface area contributed by atoms with E-state index in [-0.39, 0.29) is 0 Å². The number of aromatic amines is 1. The minimum atomic E-state index is 0.674. The highest BCUT2D eigenvalue weighted by molar-refractivity contribution is 6.13. The summed E-state index contributed by atoms with van der Waals surface area (Å²) < 4.78 is 2.38. The Morgan fingerprint density at radius 1 is 0.390 bits per heavy atom. The Labute approximate surface area is 340 Å². The second-order valence-electron chi connectivity index (χ2n) is 15.2. The van der Waals surface area contributed by atoms with Crippen molar-refractivity contribution in [3.63, 3.8) is 0 Å². The number of rotatable bonds is 5. The summed E-state index contributed by atoms with van der Waals surface area (Å²) >= 11 is 0. The molecule has 0 atom stereocenters. The number of hydrogen-bond acceptors (Lipinski definition) is 3. The fourth-order valence-corrected chi connectivity index (χ4v) is 8.88. The molecule has 276 valence electrons. The van der Waals surface area contributed by atoms with E-state index in [1.54, 1.807) is 0 Å². The van der Waals surface area contributed by atoms with Gasteiger partial charge in [-0.25, -0.2) is 9.97 Å². The van der Waals surface area contributed by atoms with Gasteiger partial charge in [0.1, 0.15) is 5.82 Å². The molecule has 0 unspecified atom stereocenters. The van der Waals surface area contributed by atoms with Gasteiger partial charge in [-0.05, 0) is 77.4 Å². The number of nitrogens with zero attached hydrogens (tertiary/aromatic N) is 4. The van der Waals surface area contributed by atoms with Crippen LogP contribution in [0.2, 0.25) is 0 Å². The third kappa shape index (κ3) is 5.47. The minimum absolute atomic E-state index is 0.674. The van der Waals surface area contributed by atoms with E-state index in [9.17, 15) is 0 Å². The third-order valence-corrected chi connectivity index (χ3v) is 11.7. The van der Waals surface area contributed by atoms with Crippen LogP contribution in [-0.4, -0.2) is 19.5 Å². The lowest BCUT2D eigenvalue weighted by Gasteiger charge is -2.27. The molecular formula is C54H35N5. The van der Waals surface area contributed by atoms with Crippen LogP contribution < -0.4 is 4.90 Å². The van der Waals surface area contributed by atoms with Gasteiger partial charge in [0.15, 0.2) is 5.82 Å². The highest BCUT2D eigenvalue weighted by atomic mass is 15.2. The molecule has 59 heavy (non-hydrogen) atoms. The number of fused-ring (bicyclic) bond motifs is 8. The average molecular weight is 754 g/mol. The lowest BCUT2D eigenvalue weighted by atomic mass is 9.99. The number of aromatic nitrogens is 4. The monoisotopic (exact) mass is 753 g/mol. The molecule has 12 rings (SSSR count). The predicted molar refractivity (Wildman–Crippen MR) is 246 cm³/mol. The molecule has 4 heterocycles. The van der Waals surface area contributed by atoms with E-state index in [4.69, 9.17) is 9.97 Å². The Morgan fingerprint density at radius 3 is 1.85 bits per heavy atom. The molecule has 1 N–H and O–H groups in total. The molecule has 0 aliphatic carbocycles. The summed E-state index contributed by atoms with van der Waals surface area (Å²) in [6.07, 6.45) is 4.53. The molecule has 5 nitrogen and oxygen atoms in total. The number of anilines is 3. The molecule has 1 aliphatic rings. The van der Waals surface area contributed by atoms with Crippen LogP contribution in [0.15, 0.2) is 194 Å². The molecule has 0 fully saturated rings. The summed E-state index contributed by atoms with van der Waals surface area (Å²) in [4.78, 5) is 16.5. The zero-order valence-electron chi connectivity index (χ0n) is 31.9. The largest absolute Gasteiger partial charge is 0.355 e. The zero-order chi connectivity index (χ0) is 38.9. The van der Waals surface area contributed by atoms with Crippen molar-refractivity contribution in [1.82, 2.24) is 19.5 Å². The quantitative estimate of drug-likeness (QED) is 0.190. The van der Waals surface area contributed by atoms with E-state index in [1.807, 2.05) is 24.3 Å². The van der Waals surface area contributed by atoms with Gasteiger partial charge >= 0.3 is 0 Å². The Kier molecular flexibility index (Phi) is 7.47. The first-order valence-corrected chi connectivity index (χ1v) is 20.0. The molecule has 5 heteroatoms. The topological polar surface area (TPSA) is 49.7 Å². The Bertz CT molecular complexity index is 3380. The van der Waals surface area contributed by atoms with Gasteiger partial charge in [-0.15, -0.1) is 0 Å². The lowest BCUT2D eigenvalue weighted by Crippen LogP contribution is -2.14. The van der Waals surface area contributed by atoms with Crippen LogP contribution in [0.3, 0.4) is 0 Å². The summed E-state index contributed by atoms with van der Waals surface area (Å²) in [6, 6.07) is 68.9. The third-order valence-electron chi connectivity index (χ3n) is 11.7. The summed E-state index contributed by atoms with van der Waals surface area (Å²) in [7, 11) is 0. The first-order valence-electron chi connectivity index (χ1n) is 20.0. The molecule has 1 aliphatic heterocycles. The van der Waals surface area contributed by atoms with Gasteiger partial charge in [-0.1, -0.05) is 140 Å². The Balaban J connectivity index is 1.12. The standard InChI is InChI=1S/C54H35N5/c1-4-14-35(15-5-1)48-34-53(57-54(56-48)36-16-6-2-7-17-36)59-49-29-27-37(38-26-28-47-44(31-38)42-20-10-12-22-46(42)55-47)30-39(49)24-25-40-32-52-45(33-51(40)59)43-21-11-13-23-50(43)58(52)41-18-8-3-9-19-41/h1-34,55H. The van der Waals surface area contributed by atoms with Gasteiger partial charge in [0, 0.05) is 61.0 Å². The summed E-state index contributed by atoms with van der Waals surface area (Å²) in [6.45, 7) is 0. The lowest BCUT2D eigenvalue weighted by molar-refractivity contribution is 1.12. The van der Waals surface area contributed by atoms with Crippen LogP contribution in [0.25, 0.3) is 95.2 Å². The van der Waals surface area contributed by atoms with Crippen molar-refractivity contribution >= 4 is 73.0 Å². The molecule has 11 aromatic rings. The highest BCUT2D eigenvalue weighted by Crippen LogP contribution is 2.47. The molecule has 0 saturated heterocycles. The van der Waals surface area contributed by atoms with Gasteiger partial charge in [0.2, 0.25) is 0 Å². The second kappa shape index (κ2) is 13.3. The van der Waals surface area contributed by atoms with Crippen molar-refractivity contribution in [1.29, 1.82) is 0 Å². The summed E-state index contributed by atoms with van der Waals surface area (Å²) in [5.74, 6) is 1.47. The average Bonchev–Trinajstić information content (AvgIpc) is 3.78. The van der Waals surface area contributed by atoms with Gasteiger partial charge in [-0.2, -0.15) is 0 Å². The van der Waals surface area contributed by atoms with Gasteiger partial charge in [0.25, 0.3) is 0 Å².